The number of carbonyl (C=O) groups excluding carboxylic acids is 2. The molecule has 0 unspecified atom stereocenters. The van der Waals surface area contributed by atoms with E-state index >= 15 is 0 Å². The molecule has 62 valence electrons. The molecule has 0 radical (unpaired) electrons. The zero-order valence-electron chi connectivity index (χ0n) is 5.88. The van der Waals surface area contributed by atoms with E-state index in [1.54, 1.807) is 0 Å². The van der Waals surface area contributed by atoms with Crippen LogP contribution in [0.4, 0.5) is 4.39 Å². The summed E-state index contributed by atoms with van der Waals surface area (Å²) in [7, 11) is 0. The maximum Gasteiger partial charge on any atom is 0.293 e. The van der Waals surface area contributed by atoms with Gasteiger partial charge in [0.15, 0.2) is 0 Å². The van der Waals surface area contributed by atoms with Gasteiger partial charge in [-0.25, -0.2) is 4.39 Å². The van der Waals surface area contributed by atoms with Crippen LogP contribution in [0, 0.1) is 5.82 Å². The molecule has 0 fully saturated rings. The van der Waals surface area contributed by atoms with Crippen LogP contribution >= 0.6 is 11.6 Å². The molecule has 0 bridgehead atoms. The summed E-state index contributed by atoms with van der Waals surface area (Å²) >= 11 is 4.88. The third-order valence-corrected chi connectivity index (χ3v) is 1.47. The van der Waals surface area contributed by atoms with Crippen LogP contribution < -0.4 is 0 Å². The van der Waals surface area contributed by atoms with Gasteiger partial charge in [0.25, 0.3) is 5.24 Å². The molecule has 0 atom stereocenters. The lowest BCUT2D eigenvalue weighted by molar-refractivity contribution is -0.108. The van der Waals surface area contributed by atoms with E-state index in [9.17, 15) is 14.0 Å². The van der Waals surface area contributed by atoms with E-state index in [-0.39, 0.29) is 5.56 Å². The molecule has 0 aromatic heterocycles. The Balaban J connectivity index is 3.11. The van der Waals surface area contributed by atoms with Crippen molar-refractivity contribution in [3.63, 3.8) is 0 Å². The number of hydrogen-bond acceptors (Lipinski definition) is 2. The maximum absolute atomic E-state index is 12.8. The van der Waals surface area contributed by atoms with E-state index in [2.05, 4.69) is 0 Å². The highest BCUT2D eigenvalue weighted by atomic mass is 35.5. The standard InChI is InChI=1S/C8H4ClFO2/c9-8(12)7(11)5-3-1-2-4-6(5)10/h1-4H/i8+1. The van der Waals surface area contributed by atoms with E-state index in [0.717, 1.165) is 6.07 Å². The fourth-order valence-corrected chi connectivity index (χ4v) is 0.853. The molecule has 0 aliphatic heterocycles. The number of carbonyl (C=O) groups is 2. The van der Waals surface area contributed by atoms with Crippen molar-refractivity contribution in [2.45, 2.75) is 0 Å². The van der Waals surface area contributed by atoms with Crippen molar-refractivity contribution in [3.05, 3.63) is 35.6 Å². The fourth-order valence-electron chi connectivity index (χ4n) is 0.751. The van der Waals surface area contributed by atoms with Crippen LogP contribution in [-0.2, 0) is 4.79 Å². The summed E-state index contributed by atoms with van der Waals surface area (Å²) in [6, 6.07) is 5.17. The first-order chi connectivity index (χ1) is 5.63. The van der Waals surface area contributed by atoms with Gasteiger partial charge in [0.2, 0.25) is 5.78 Å². The lowest BCUT2D eigenvalue weighted by Gasteiger charge is -1.95. The zero-order chi connectivity index (χ0) is 9.14. The monoisotopic (exact) mass is 187 g/mol. The molecule has 4 heteroatoms. The van der Waals surface area contributed by atoms with E-state index in [1.165, 1.54) is 18.2 Å². The molecule has 0 aliphatic rings. The Kier molecular flexibility index (Phi) is 2.55. The quantitative estimate of drug-likeness (QED) is 0.306. The number of rotatable bonds is 2. The average molecular weight is 188 g/mol. The summed E-state index contributed by atoms with van der Waals surface area (Å²) < 4.78 is 12.8. The van der Waals surface area contributed by atoms with Gasteiger partial charge in [-0.15, -0.1) is 0 Å². The first-order valence-electron chi connectivity index (χ1n) is 3.11. The molecular formula is C8H4ClFO2. The third kappa shape index (κ3) is 1.68. The van der Waals surface area contributed by atoms with Gasteiger partial charge in [-0.05, 0) is 23.7 Å². The topological polar surface area (TPSA) is 34.1 Å². The fraction of sp³-hybridized carbons (Fsp3) is 0. The molecule has 0 spiro atoms. The van der Waals surface area contributed by atoms with Crippen LogP contribution in [0.25, 0.3) is 0 Å². The van der Waals surface area contributed by atoms with E-state index in [4.69, 9.17) is 11.6 Å². The van der Waals surface area contributed by atoms with Crippen LogP contribution in [0.3, 0.4) is 0 Å². The van der Waals surface area contributed by atoms with Crippen LogP contribution in [0.2, 0.25) is 0 Å². The van der Waals surface area contributed by atoms with Crippen LogP contribution in [0.1, 0.15) is 10.4 Å². The average Bonchev–Trinajstić information content (AvgIpc) is 2.04. The highest BCUT2D eigenvalue weighted by Gasteiger charge is 2.16. The zero-order valence-corrected chi connectivity index (χ0v) is 6.64. The van der Waals surface area contributed by atoms with Gasteiger partial charge < -0.3 is 0 Å². The van der Waals surface area contributed by atoms with Crippen molar-refractivity contribution in [2.24, 2.45) is 0 Å². The van der Waals surface area contributed by atoms with E-state index < -0.39 is 16.8 Å². The number of hydrogen-bond donors (Lipinski definition) is 0. The highest BCUT2D eigenvalue weighted by Crippen LogP contribution is 2.08. The smallest absolute Gasteiger partial charge is 0.284 e. The van der Waals surface area contributed by atoms with Crippen LogP contribution in [0.15, 0.2) is 24.3 Å². The Morgan fingerprint density at radius 1 is 1.25 bits per heavy atom. The molecule has 0 aliphatic carbocycles. The van der Waals surface area contributed by atoms with Gasteiger partial charge >= 0.3 is 0 Å². The lowest BCUT2D eigenvalue weighted by atomic mass is 10.2. The number of Topliss-reactive ketones (excluding diaryl/α,β-unsaturated/α-hetero) is 1. The maximum atomic E-state index is 12.8. The molecule has 0 amide bonds. The summed E-state index contributed by atoms with van der Waals surface area (Å²) in [6.45, 7) is 0. The SMILES string of the molecule is O=C(c1ccccc1F)[13C](=O)Cl. The molecule has 1 aromatic rings. The normalized spacial score (nSPS) is 9.50. The lowest BCUT2D eigenvalue weighted by Crippen LogP contribution is -2.09. The summed E-state index contributed by atoms with van der Waals surface area (Å²) in [5.41, 5.74) is -0.294. The largest absolute Gasteiger partial charge is 0.293 e. The second-order valence-electron chi connectivity index (χ2n) is 2.08. The molecule has 1 rings (SSSR count). The van der Waals surface area contributed by atoms with Crippen molar-refractivity contribution in [3.8, 4) is 0 Å². The van der Waals surface area contributed by atoms with E-state index in [1.807, 2.05) is 0 Å². The van der Waals surface area contributed by atoms with Gasteiger partial charge in [-0.1, -0.05) is 12.1 Å². The molecule has 2 nitrogen and oxygen atoms in total. The minimum absolute atomic E-state index is 0.294. The second kappa shape index (κ2) is 3.45. The Bertz CT molecular complexity index is 336. The van der Waals surface area contributed by atoms with Crippen molar-refractivity contribution < 1.29 is 14.0 Å². The van der Waals surface area contributed by atoms with Crippen molar-refractivity contribution in [2.75, 3.05) is 0 Å². The predicted molar refractivity (Wildman–Crippen MR) is 41.6 cm³/mol. The summed E-state index contributed by atoms with van der Waals surface area (Å²) in [6.07, 6.45) is 0. The van der Waals surface area contributed by atoms with Crippen molar-refractivity contribution in [1.29, 1.82) is 0 Å². The minimum atomic E-state index is -1.18. The number of benzene rings is 1. The van der Waals surface area contributed by atoms with Gasteiger partial charge in [0.1, 0.15) is 5.82 Å². The van der Waals surface area contributed by atoms with Gasteiger partial charge in [0, 0.05) is 0 Å². The van der Waals surface area contributed by atoms with Crippen LogP contribution in [0.5, 0.6) is 0 Å². The molecule has 0 saturated heterocycles. The highest BCUT2D eigenvalue weighted by molar-refractivity contribution is 6.83. The number of halogens is 2. The Hall–Kier alpha value is -1.22. The van der Waals surface area contributed by atoms with Crippen molar-refractivity contribution >= 4 is 22.6 Å². The third-order valence-electron chi connectivity index (χ3n) is 1.30. The van der Waals surface area contributed by atoms with Gasteiger partial charge in [-0.2, -0.15) is 0 Å². The molecule has 0 N–H and O–H groups in total. The molecular weight excluding hydrogens is 184 g/mol. The van der Waals surface area contributed by atoms with Gasteiger partial charge in [-0.3, -0.25) is 9.59 Å². The number of ketones is 1. The predicted octanol–water partition coefficient (Wildman–Crippen LogP) is 1.77. The Labute approximate surface area is 73.0 Å². The summed E-state index contributed by atoms with van der Waals surface area (Å²) in [5.74, 6) is -1.76. The molecule has 1 aromatic carbocycles. The molecule has 0 saturated carbocycles. The van der Waals surface area contributed by atoms with Crippen LogP contribution in [-0.4, -0.2) is 11.0 Å². The first-order valence-corrected chi connectivity index (χ1v) is 3.49. The Morgan fingerprint density at radius 2 is 1.83 bits per heavy atom. The Morgan fingerprint density at radius 3 is 2.33 bits per heavy atom. The van der Waals surface area contributed by atoms with E-state index in [0.29, 0.717) is 0 Å². The minimum Gasteiger partial charge on any atom is -0.284 e. The second-order valence-corrected chi connectivity index (χ2v) is 2.43. The van der Waals surface area contributed by atoms with Gasteiger partial charge in [0.05, 0.1) is 5.56 Å². The first kappa shape index (κ1) is 8.87. The van der Waals surface area contributed by atoms with Crippen molar-refractivity contribution in [1.82, 2.24) is 0 Å². The molecule has 0 heterocycles. The summed E-state index contributed by atoms with van der Waals surface area (Å²) in [4.78, 5) is 21.2. The summed E-state index contributed by atoms with van der Waals surface area (Å²) in [5, 5.41) is -1.18. The molecule has 12 heavy (non-hydrogen) atoms.